The Bertz CT molecular complexity index is 712. The lowest BCUT2D eigenvalue weighted by molar-refractivity contribution is 0.417. The van der Waals surface area contributed by atoms with E-state index in [1.807, 2.05) is 19.1 Å². The van der Waals surface area contributed by atoms with Gasteiger partial charge in [0.1, 0.15) is 10.4 Å². The monoisotopic (exact) mass is 359 g/mol. The van der Waals surface area contributed by atoms with Crippen LogP contribution in [0.5, 0.6) is 0 Å². The van der Waals surface area contributed by atoms with Crippen LogP contribution in [0.25, 0.3) is 0 Å². The Morgan fingerprint density at radius 3 is 2.70 bits per heavy atom. The highest BCUT2D eigenvalue weighted by Crippen LogP contribution is 2.18. The summed E-state index contributed by atoms with van der Waals surface area (Å²) in [5.41, 5.74) is 1.71. The molecule has 2 aromatic heterocycles. The molecule has 0 fully saturated rings. The van der Waals surface area contributed by atoms with Crippen molar-refractivity contribution in [2.45, 2.75) is 18.6 Å². The minimum Gasteiger partial charge on any atom is -0.446 e. The van der Waals surface area contributed by atoms with Crippen molar-refractivity contribution < 1.29 is 12.8 Å². The number of pyridine rings is 1. The zero-order valence-electron chi connectivity index (χ0n) is 11.0. The summed E-state index contributed by atoms with van der Waals surface area (Å²) in [6.07, 6.45) is 0. The minimum absolute atomic E-state index is 0.0950. The molecule has 0 unspecified atom stereocenters. The molecular weight excluding hydrogens is 346 g/mol. The van der Waals surface area contributed by atoms with Crippen LogP contribution in [-0.4, -0.2) is 20.4 Å². The van der Waals surface area contributed by atoms with Gasteiger partial charge in [-0.15, -0.1) is 0 Å². The maximum absolute atomic E-state index is 11.5. The van der Waals surface area contributed by atoms with E-state index >= 15 is 0 Å². The average Bonchev–Trinajstić information content (AvgIpc) is 2.87. The van der Waals surface area contributed by atoms with Crippen molar-refractivity contribution in [3.8, 4) is 0 Å². The minimum atomic E-state index is -3.54. The molecule has 2 heterocycles. The lowest BCUT2D eigenvalue weighted by atomic mass is 10.3. The number of furan rings is 1. The number of rotatable bonds is 5. The largest absolute Gasteiger partial charge is 0.446 e. The van der Waals surface area contributed by atoms with Crippen LogP contribution in [-0.2, 0) is 16.6 Å². The molecule has 0 aliphatic heterocycles. The fourth-order valence-electron chi connectivity index (χ4n) is 1.60. The summed E-state index contributed by atoms with van der Waals surface area (Å²) in [6, 6.07) is 6.77. The lowest BCUT2D eigenvalue weighted by Gasteiger charge is -2.07. The third-order valence-corrected chi connectivity index (χ3v) is 4.40. The van der Waals surface area contributed by atoms with Crippen LogP contribution in [0, 0.1) is 6.92 Å². The maximum Gasteiger partial charge on any atom is 0.273 e. The molecule has 0 radical (unpaired) electrons. The van der Waals surface area contributed by atoms with Crippen molar-refractivity contribution in [3.05, 3.63) is 40.3 Å². The van der Waals surface area contributed by atoms with Crippen LogP contribution < -0.4 is 10.0 Å². The molecule has 0 aliphatic rings. The van der Waals surface area contributed by atoms with E-state index in [4.69, 9.17) is 4.42 Å². The van der Waals surface area contributed by atoms with Crippen molar-refractivity contribution in [2.75, 3.05) is 12.4 Å². The number of anilines is 1. The predicted octanol–water partition coefficient (Wildman–Crippen LogP) is 2.27. The molecule has 0 saturated heterocycles. The van der Waals surface area contributed by atoms with E-state index in [-0.39, 0.29) is 5.09 Å². The van der Waals surface area contributed by atoms with Crippen molar-refractivity contribution in [1.29, 1.82) is 0 Å². The molecule has 8 heteroatoms. The van der Waals surface area contributed by atoms with Gasteiger partial charge in [0.2, 0.25) is 5.09 Å². The molecule has 0 aliphatic carbocycles. The van der Waals surface area contributed by atoms with Gasteiger partial charge in [0.05, 0.1) is 17.9 Å². The Hall–Kier alpha value is -1.38. The van der Waals surface area contributed by atoms with Gasteiger partial charge in [-0.25, -0.2) is 18.1 Å². The van der Waals surface area contributed by atoms with Gasteiger partial charge in [0.25, 0.3) is 10.0 Å². The highest BCUT2D eigenvalue weighted by atomic mass is 79.9. The van der Waals surface area contributed by atoms with Crippen LogP contribution >= 0.6 is 15.9 Å². The molecule has 0 aromatic carbocycles. The van der Waals surface area contributed by atoms with E-state index < -0.39 is 10.0 Å². The number of halogens is 1. The normalized spacial score (nSPS) is 11.6. The summed E-state index contributed by atoms with van der Waals surface area (Å²) >= 11 is 3.29. The summed E-state index contributed by atoms with van der Waals surface area (Å²) in [5, 5.41) is 3.05. The van der Waals surface area contributed by atoms with Crippen LogP contribution in [0.2, 0.25) is 0 Å². The number of aromatic nitrogens is 1. The number of hydrogen-bond donors (Lipinski definition) is 2. The predicted molar refractivity (Wildman–Crippen MR) is 79.0 cm³/mol. The van der Waals surface area contributed by atoms with Crippen molar-refractivity contribution in [3.63, 3.8) is 0 Å². The summed E-state index contributed by atoms with van der Waals surface area (Å²) in [4.78, 5) is 4.26. The SMILES string of the molecule is CNS(=O)(=O)c1ccc(CNc2ccc(Br)nc2C)o1. The second-order valence-electron chi connectivity index (χ2n) is 4.05. The Balaban J connectivity index is 2.08. The fourth-order valence-corrected chi connectivity index (χ4v) is 2.66. The molecule has 0 spiro atoms. The Labute approximate surface area is 125 Å². The molecule has 20 heavy (non-hydrogen) atoms. The molecule has 6 nitrogen and oxygen atoms in total. The van der Waals surface area contributed by atoms with E-state index in [1.165, 1.54) is 13.1 Å². The maximum atomic E-state index is 11.5. The third-order valence-electron chi connectivity index (χ3n) is 2.68. The summed E-state index contributed by atoms with van der Waals surface area (Å²) in [7, 11) is -2.20. The average molecular weight is 360 g/mol. The Kier molecular flexibility index (Phi) is 4.46. The van der Waals surface area contributed by atoms with E-state index in [0.717, 1.165) is 16.0 Å². The second kappa shape index (κ2) is 5.94. The standard InChI is InChI=1S/C12H14BrN3O3S/c1-8-10(4-5-11(13)16-8)15-7-9-3-6-12(19-9)20(17,18)14-2/h3-6,14-15H,7H2,1-2H3. The van der Waals surface area contributed by atoms with Gasteiger partial charge in [0, 0.05) is 0 Å². The molecule has 108 valence electrons. The summed E-state index contributed by atoms with van der Waals surface area (Å²) in [5.74, 6) is 0.529. The zero-order chi connectivity index (χ0) is 14.8. The number of hydrogen-bond acceptors (Lipinski definition) is 5. The van der Waals surface area contributed by atoms with Crippen molar-refractivity contribution in [1.82, 2.24) is 9.71 Å². The van der Waals surface area contributed by atoms with Gasteiger partial charge in [-0.1, -0.05) is 0 Å². The van der Waals surface area contributed by atoms with Gasteiger partial charge in [-0.05, 0) is 54.2 Å². The number of nitrogens with one attached hydrogen (secondary N) is 2. The van der Waals surface area contributed by atoms with Gasteiger partial charge in [-0.3, -0.25) is 0 Å². The second-order valence-corrected chi connectivity index (χ2v) is 6.68. The zero-order valence-corrected chi connectivity index (χ0v) is 13.4. The number of nitrogens with zero attached hydrogens (tertiary/aromatic N) is 1. The van der Waals surface area contributed by atoms with Gasteiger partial charge >= 0.3 is 0 Å². The third kappa shape index (κ3) is 3.38. The first-order valence-electron chi connectivity index (χ1n) is 5.81. The molecule has 0 amide bonds. The van der Waals surface area contributed by atoms with Gasteiger partial charge in [-0.2, -0.15) is 0 Å². The molecule has 2 N–H and O–H groups in total. The van der Waals surface area contributed by atoms with Crippen LogP contribution in [0.4, 0.5) is 5.69 Å². The van der Waals surface area contributed by atoms with Gasteiger partial charge < -0.3 is 9.73 Å². The molecule has 0 saturated carbocycles. The molecule has 2 aromatic rings. The van der Waals surface area contributed by atoms with Crippen molar-refractivity contribution >= 4 is 31.6 Å². The fraction of sp³-hybridized carbons (Fsp3) is 0.250. The Morgan fingerprint density at radius 2 is 2.05 bits per heavy atom. The quantitative estimate of drug-likeness (QED) is 0.799. The van der Waals surface area contributed by atoms with Gasteiger partial charge in [0.15, 0.2) is 0 Å². The molecule has 2 rings (SSSR count). The summed E-state index contributed by atoms with van der Waals surface area (Å²) < 4.78 is 31.3. The highest BCUT2D eigenvalue weighted by molar-refractivity contribution is 9.10. The molecular formula is C12H14BrN3O3S. The van der Waals surface area contributed by atoms with Crippen LogP contribution in [0.3, 0.4) is 0 Å². The van der Waals surface area contributed by atoms with E-state index in [1.54, 1.807) is 6.07 Å². The van der Waals surface area contributed by atoms with E-state index in [2.05, 4.69) is 31.0 Å². The molecule has 0 bridgehead atoms. The van der Waals surface area contributed by atoms with E-state index in [0.29, 0.717) is 12.3 Å². The highest BCUT2D eigenvalue weighted by Gasteiger charge is 2.16. The number of aryl methyl sites for hydroxylation is 1. The van der Waals surface area contributed by atoms with Crippen LogP contribution in [0.1, 0.15) is 11.5 Å². The number of sulfonamides is 1. The topological polar surface area (TPSA) is 84.2 Å². The summed E-state index contributed by atoms with van der Waals surface area (Å²) in [6.45, 7) is 2.26. The van der Waals surface area contributed by atoms with Crippen molar-refractivity contribution in [2.24, 2.45) is 0 Å². The first-order chi connectivity index (χ1) is 9.42. The van der Waals surface area contributed by atoms with E-state index in [9.17, 15) is 8.42 Å². The Morgan fingerprint density at radius 1 is 1.30 bits per heavy atom. The smallest absolute Gasteiger partial charge is 0.273 e. The lowest BCUT2D eigenvalue weighted by Crippen LogP contribution is -2.17. The van der Waals surface area contributed by atoms with Crippen LogP contribution in [0.15, 0.2) is 38.4 Å². The molecule has 0 atom stereocenters. The first kappa shape index (κ1) is 15.0. The first-order valence-corrected chi connectivity index (χ1v) is 8.09.